The Morgan fingerprint density at radius 2 is 1.81 bits per heavy atom. The lowest BCUT2D eigenvalue weighted by molar-refractivity contribution is -0.152. The van der Waals surface area contributed by atoms with Gasteiger partial charge in [-0.2, -0.15) is 0 Å². The highest BCUT2D eigenvalue weighted by Gasteiger charge is 2.51. The van der Waals surface area contributed by atoms with E-state index in [1.807, 2.05) is 67.6 Å². The topological polar surface area (TPSA) is 55.8 Å². The van der Waals surface area contributed by atoms with E-state index in [1.54, 1.807) is 11.0 Å². The van der Waals surface area contributed by atoms with Crippen LogP contribution in [0.5, 0.6) is 0 Å². The average molecular weight is 363 g/mol. The van der Waals surface area contributed by atoms with Crippen molar-refractivity contribution in [1.82, 2.24) is 4.90 Å². The molecule has 0 radical (unpaired) electrons. The van der Waals surface area contributed by atoms with E-state index in [1.165, 1.54) is 0 Å². The van der Waals surface area contributed by atoms with Crippen molar-refractivity contribution in [3.63, 3.8) is 0 Å². The van der Waals surface area contributed by atoms with Gasteiger partial charge in [-0.05, 0) is 18.9 Å². The Hall–Kier alpha value is -2.92. The molecule has 0 aromatic heterocycles. The van der Waals surface area contributed by atoms with Gasteiger partial charge in [0.1, 0.15) is 12.2 Å². The minimum Gasteiger partial charge on any atom is -0.457 e. The Morgan fingerprint density at radius 1 is 1.15 bits per heavy atom. The quantitative estimate of drug-likeness (QED) is 0.619. The summed E-state index contributed by atoms with van der Waals surface area (Å²) in [6.07, 6.45) is 2.25. The highest BCUT2D eigenvalue weighted by molar-refractivity contribution is 6.17. The van der Waals surface area contributed by atoms with Crippen molar-refractivity contribution in [1.29, 1.82) is 0 Å². The van der Waals surface area contributed by atoms with Crippen LogP contribution in [0.25, 0.3) is 0 Å². The van der Waals surface area contributed by atoms with Gasteiger partial charge >= 0.3 is 5.97 Å². The van der Waals surface area contributed by atoms with Gasteiger partial charge in [-0.1, -0.05) is 66.7 Å². The summed E-state index contributed by atoms with van der Waals surface area (Å²) in [5.74, 6) is -0.933. The molecular formula is C22H21NO4. The molecule has 2 aromatic carbocycles. The van der Waals surface area contributed by atoms with Gasteiger partial charge in [0.05, 0.1) is 12.6 Å². The van der Waals surface area contributed by atoms with Gasteiger partial charge in [-0.25, -0.2) is 4.79 Å². The molecule has 1 amide bonds. The maximum atomic E-state index is 13.1. The Labute approximate surface area is 158 Å². The van der Waals surface area contributed by atoms with Gasteiger partial charge in [0, 0.05) is 5.56 Å². The van der Waals surface area contributed by atoms with Crippen LogP contribution in [0.2, 0.25) is 0 Å². The summed E-state index contributed by atoms with van der Waals surface area (Å²) >= 11 is 0. The molecule has 2 aromatic rings. The van der Waals surface area contributed by atoms with Crippen molar-refractivity contribution in [3.8, 4) is 0 Å². The number of rotatable bonds is 4. The third-order valence-corrected chi connectivity index (χ3v) is 5.17. The van der Waals surface area contributed by atoms with E-state index in [0.717, 1.165) is 11.1 Å². The fraction of sp³-hybridized carbons (Fsp3) is 0.273. The van der Waals surface area contributed by atoms with Crippen LogP contribution >= 0.6 is 0 Å². The van der Waals surface area contributed by atoms with Gasteiger partial charge in [-0.3, -0.25) is 4.79 Å². The molecule has 1 saturated heterocycles. The van der Waals surface area contributed by atoms with E-state index in [0.29, 0.717) is 13.0 Å². The molecule has 2 aliphatic rings. The summed E-state index contributed by atoms with van der Waals surface area (Å²) in [5, 5.41) is 0. The first kappa shape index (κ1) is 17.5. The zero-order valence-corrected chi connectivity index (χ0v) is 15.1. The molecule has 27 heavy (non-hydrogen) atoms. The molecule has 2 heterocycles. The third-order valence-electron chi connectivity index (χ3n) is 5.17. The molecule has 2 atom stereocenters. The smallest absolute Gasteiger partial charge is 0.343 e. The molecule has 0 saturated carbocycles. The van der Waals surface area contributed by atoms with Crippen LogP contribution in [0.15, 0.2) is 72.3 Å². The molecule has 2 aliphatic heterocycles. The molecule has 0 spiro atoms. The summed E-state index contributed by atoms with van der Waals surface area (Å²) in [4.78, 5) is 27.3. The molecule has 4 rings (SSSR count). The first-order valence-corrected chi connectivity index (χ1v) is 9.04. The van der Waals surface area contributed by atoms with Crippen LogP contribution < -0.4 is 0 Å². The second-order valence-electron chi connectivity index (χ2n) is 6.90. The van der Waals surface area contributed by atoms with Crippen LogP contribution in [-0.2, 0) is 31.4 Å². The van der Waals surface area contributed by atoms with Gasteiger partial charge < -0.3 is 14.4 Å². The molecule has 0 N–H and O–H groups in total. The number of benzene rings is 2. The van der Waals surface area contributed by atoms with Crippen molar-refractivity contribution < 1.29 is 19.1 Å². The lowest BCUT2D eigenvalue weighted by Gasteiger charge is -2.38. The number of carbonyl (C=O) groups excluding carboxylic acids is 2. The van der Waals surface area contributed by atoms with Crippen LogP contribution in [0.4, 0.5) is 0 Å². The molecule has 1 fully saturated rings. The van der Waals surface area contributed by atoms with Crippen LogP contribution in [0.3, 0.4) is 0 Å². The summed E-state index contributed by atoms with van der Waals surface area (Å²) in [7, 11) is 0. The van der Waals surface area contributed by atoms with Crippen LogP contribution in [-0.4, -0.2) is 29.4 Å². The Kier molecular flexibility index (Phi) is 4.54. The Bertz CT molecular complexity index is 878. The minimum absolute atomic E-state index is 0.0756. The standard InChI is InChI=1S/C22H21NO4/c1-22(17-10-6-3-7-11-17)23-18(15-27-22)12-13-19(20(23)24)21(25)26-14-16-8-4-2-5-9-16/h2-11,13,18H,12,14-15H2,1H3/t18-,22+/m0/s1. The number of nitrogens with zero attached hydrogens (tertiary/aromatic N) is 1. The lowest BCUT2D eigenvalue weighted by Crippen LogP contribution is -2.51. The van der Waals surface area contributed by atoms with Gasteiger partial charge in [0.15, 0.2) is 5.72 Å². The minimum atomic E-state index is -0.887. The SMILES string of the molecule is C[C@]1(c2ccccc2)OC[C@@H]2CC=C(C(=O)OCc3ccccc3)C(=O)N21. The second kappa shape index (κ2) is 7.00. The highest BCUT2D eigenvalue weighted by atomic mass is 16.5. The van der Waals surface area contributed by atoms with Gasteiger partial charge in [0.25, 0.3) is 5.91 Å². The predicted octanol–water partition coefficient (Wildman–Crippen LogP) is 3.16. The van der Waals surface area contributed by atoms with Crippen molar-refractivity contribution in [2.24, 2.45) is 0 Å². The number of ether oxygens (including phenoxy) is 2. The summed E-state index contributed by atoms with van der Waals surface area (Å²) in [6, 6.07) is 18.9. The first-order chi connectivity index (χ1) is 13.1. The maximum absolute atomic E-state index is 13.1. The average Bonchev–Trinajstić information content (AvgIpc) is 3.07. The van der Waals surface area contributed by atoms with Gasteiger partial charge in [-0.15, -0.1) is 0 Å². The first-order valence-electron chi connectivity index (χ1n) is 9.04. The number of fused-ring (bicyclic) bond motifs is 1. The second-order valence-corrected chi connectivity index (χ2v) is 6.90. The number of amides is 1. The Morgan fingerprint density at radius 3 is 2.52 bits per heavy atom. The molecule has 0 unspecified atom stereocenters. The maximum Gasteiger partial charge on any atom is 0.343 e. The van der Waals surface area contributed by atoms with Crippen LogP contribution in [0, 0.1) is 0 Å². The summed E-state index contributed by atoms with van der Waals surface area (Å²) in [5.41, 5.74) is 0.961. The van der Waals surface area contributed by atoms with Crippen molar-refractivity contribution >= 4 is 11.9 Å². The molecular weight excluding hydrogens is 342 g/mol. The summed E-state index contributed by atoms with van der Waals surface area (Å²) < 4.78 is 11.4. The number of esters is 1. The molecule has 0 aliphatic carbocycles. The van der Waals surface area contributed by atoms with Crippen molar-refractivity contribution in [2.45, 2.75) is 31.7 Å². The number of carbonyl (C=O) groups is 2. The highest BCUT2D eigenvalue weighted by Crippen LogP contribution is 2.41. The van der Waals surface area contributed by atoms with E-state index in [9.17, 15) is 9.59 Å². The summed E-state index contributed by atoms with van der Waals surface area (Å²) in [6.45, 7) is 2.46. The van der Waals surface area contributed by atoms with Gasteiger partial charge in [0.2, 0.25) is 0 Å². The number of hydrogen-bond acceptors (Lipinski definition) is 4. The fourth-order valence-corrected chi connectivity index (χ4v) is 3.70. The zero-order chi connectivity index (χ0) is 18.9. The van der Waals surface area contributed by atoms with Crippen molar-refractivity contribution in [2.75, 3.05) is 6.61 Å². The van der Waals surface area contributed by atoms with Crippen molar-refractivity contribution in [3.05, 3.63) is 83.4 Å². The number of hydrogen-bond donors (Lipinski definition) is 0. The van der Waals surface area contributed by atoms with E-state index in [4.69, 9.17) is 9.47 Å². The fourth-order valence-electron chi connectivity index (χ4n) is 3.70. The lowest BCUT2D eigenvalue weighted by atomic mass is 9.96. The van der Waals surface area contributed by atoms with E-state index >= 15 is 0 Å². The predicted molar refractivity (Wildman–Crippen MR) is 99.3 cm³/mol. The molecule has 5 nitrogen and oxygen atoms in total. The molecule has 5 heteroatoms. The molecule has 138 valence electrons. The third kappa shape index (κ3) is 3.15. The largest absolute Gasteiger partial charge is 0.457 e. The van der Waals surface area contributed by atoms with E-state index in [-0.39, 0.29) is 24.1 Å². The molecule has 0 bridgehead atoms. The van der Waals surface area contributed by atoms with Crippen LogP contribution in [0.1, 0.15) is 24.5 Å². The monoisotopic (exact) mass is 363 g/mol. The van der Waals surface area contributed by atoms with E-state index in [2.05, 4.69) is 0 Å². The Balaban J connectivity index is 1.53. The van der Waals surface area contributed by atoms with E-state index < -0.39 is 11.7 Å². The normalized spacial score (nSPS) is 24.3. The zero-order valence-electron chi connectivity index (χ0n) is 15.1.